The van der Waals surface area contributed by atoms with Crippen LogP contribution in [0.3, 0.4) is 0 Å². The van der Waals surface area contributed by atoms with Crippen molar-refractivity contribution >= 4 is 33.3 Å². The Balaban J connectivity index is 2.27. The van der Waals surface area contributed by atoms with Gasteiger partial charge in [-0.3, -0.25) is 0 Å². The zero-order valence-electron chi connectivity index (χ0n) is 11.8. The van der Waals surface area contributed by atoms with Gasteiger partial charge in [-0.05, 0) is 36.5 Å². The molecule has 1 aliphatic rings. The van der Waals surface area contributed by atoms with Crippen LogP contribution in [0.25, 0.3) is 0 Å². The third-order valence-corrected chi connectivity index (χ3v) is 7.00. The van der Waals surface area contributed by atoms with Crippen LogP contribution in [0.5, 0.6) is 0 Å². The molecule has 1 aromatic rings. The number of likely N-dealkylation sites (N-methyl/N-ethyl adjacent to an activating group) is 1. The third kappa shape index (κ3) is 3.75. The van der Waals surface area contributed by atoms with Gasteiger partial charge < -0.3 is 5.32 Å². The van der Waals surface area contributed by atoms with Crippen molar-refractivity contribution in [2.24, 2.45) is 5.14 Å². The average molecular weight is 336 g/mol. The van der Waals surface area contributed by atoms with Crippen molar-refractivity contribution in [3.05, 3.63) is 11.6 Å². The lowest BCUT2D eigenvalue weighted by Crippen LogP contribution is -2.35. The molecule has 3 N–H and O–H groups in total. The van der Waals surface area contributed by atoms with E-state index in [0.29, 0.717) is 0 Å². The van der Waals surface area contributed by atoms with Gasteiger partial charge in [0.25, 0.3) is 0 Å². The first-order valence-electron chi connectivity index (χ1n) is 6.78. The van der Waals surface area contributed by atoms with E-state index in [9.17, 15) is 8.42 Å². The van der Waals surface area contributed by atoms with Crippen LogP contribution in [0.2, 0.25) is 0 Å². The molecule has 0 aromatic carbocycles. The number of sulfonamides is 1. The van der Waals surface area contributed by atoms with E-state index in [-0.39, 0.29) is 10.3 Å². The van der Waals surface area contributed by atoms with Crippen LogP contribution in [-0.4, -0.2) is 32.4 Å². The van der Waals surface area contributed by atoms with Gasteiger partial charge in [0.05, 0.1) is 4.21 Å². The van der Waals surface area contributed by atoms with Gasteiger partial charge in [-0.15, -0.1) is 11.3 Å². The predicted molar refractivity (Wildman–Crippen MR) is 84.4 cm³/mol. The summed E-state index contributed by atoms with van der Waals surface area (Å²) in [6.45, 7) is 7.01. The van der Waals surface area contributed by atoms with Gasteiger partial charge in [0.15, 0.2) is 0 Å². The Morgan fingerprint density at radius 2 is 2.25 bits per heavy atom. The van der Waals surface area contributed by atoms with Crippen molar-refractivity contribution in [2.75, 3.05) is 19.6 Å². The van der Waals surface area contributed by atoms with E-state index in [1.54, 1.807) is 18.0 Å². The summed E-state index contributed by atoms with van der Waals surface area (Å²) in [5.41, 5.74) is 1.07. The lowest BCUT2D eigenvalue weighted by Gasteiger charge is -2.31. The Labute approximate surface area is 129 Å². The van der Waals surface area contributed by atoms with Crippen LogP contribution in [0.4, 0.5) is 0 Å². The Kier molecular flexibility index (Phi) is 5.49. The topological polar surface area (TPSA) is 75.4 Å². The second-order valence-corrected chi connectivity index (χ2v) is 9.00. The van der Waals surface area contributed by atoms with E-state index in [2.05, 4.69) is 23.5 Å². The maximum Gasteiger partial charge on any atom is 0.247 e. The van der Waals surface area contributed by atoms with Gasteiger partial charge in [-0.25, -0.2) is 17.9 Å². The lowest BCUT2D eigenvalue weighted by atomic mass is 10.1. The highest BCUT2D eigenvalue weighted by atomic mass is 32.3. The molecular formula is C12H21N3O2S3. The second kappa shape index (κ2) is 6.76. The largest absolute Gasteiger partial charge is 0.309 e. The summed E-state index contributed by atoms with van der Waals surface area (Å²) >= 11 is 2.93. The summed E-state index contributed by atoms with van der Waals surface area (Å²) in [6, 6.07) is 1.91. The van der Waals surface area contributed by atoms with E-state index < -0.39 is 10.0 Å². The molecule has 0 bridgehead atoms. The van der Waals surface area contributed by atoms with E-state index in [4.69, 9.17) is 5.14 Å². The summed E-state index contributed by atoms with van der Waals surface area (Å²) in [6.07, 6.45) is 2.30. The van der Waals surface area contributed by atoms with Crippen molar-refractivity contribution in [1.82, 2.24) is 9.62 Å². The number of nitrogens with one attached hydrogen (secondary N) is 1. The number of primary sulfonamides is 1. The summed E-state index contributed by atoms with van der Waals surface area (Å²) in [4.78, 5) is 0. The highest BCUT2D eigenvalue weighted by Crippen LogP contribution is 2.43. The maximum absolute atomic E-state index is 11.5. The molecule has 0 fully saturated rings. The minimum atomic E-state index is -3.61. The minimum absolute atomic E-state index is 0.180. The van der Waals surface area contributed by atoms with Crippen molar-refractivity contribution in [2.45, 2.75) is 41.1 Å². The number of hydrogen-bond donors (Lipinski definition) is 2. The van der Waals surface area contributed by atoms with Crippen LogP contribution in [0, 0.1) is 0 Å². The fourth-order valence-corrected chi connectivity index (χ4v) is 5.74. The zero-order chi connectivity index (χ0) is 14.8. The van der Waals surface area contributed by atoms with Gasteiger partial charge in [0, 0.05) is 19.1 Å². The van der Waals surface area contributed by atoms with Crippen LogP contribution >= 0.6 is 23.3 Å². The number of nitrogens with two attached hydrogens (primary N) is 1. The molecule has 0 radical (unpaired) electrons. The number of thiophene rings is 1. The van der Waals surface area contributed by atoms with Crippen molar-refractivity contribution in [3.8, 4) is 0 Å². The first-order chi connectivity index (χ1) is 9.45. The molecule has 5 nitrogen and oxygen atoms in total. The van der Waals surface area contributed by atoms with Gasteiger partial charge in [0.2, 0.25) is 10.0 Å². The summed E-state index contributed by atoms with van der Waals surface area (Å²) in [5, 5.41) is 8.67. The molecule has 114 valence electrons. The number of fused-ring (bicyclic) bond motifs is 1. The predicted octanol–water partition coefficient (Wildman–Crippen LogP) is 2.17. The fraction of sp³-hybridized carbons (Fsp3) is 0.667. The summed E-state index contributed by atoms with van der Waals surface area (Å²) in [5.74, 6) is 0. The zero-order valence-corrected chi connectivity index (χ0v) is 14.2. The molecule has 1 aliphatic heterocycles. The molecule has 20 heavy (non-hydrogen) atoms. The second-order valence-electron chi connectivity index (χ2n) is 4.80. The highest BCUT2D eigenvalue weighted by molar-refractivity contribution is 7.99. The quantitative estimate of drug-likeness (QED) is 0.779. The maximum atomic E-state index is 11.5. The van der Waals surface area contributed by atoms with Crippen molar-refractivity contribution in [3.63, 3.8) is 0 Å². The molecule has 0 aliphatic carbocycles. The standard InChI is InChI=1S/C12H21N3O2S3/c1-3-5-6-15-8-10(14-4-2)9-7-11(20(13,16)17)18-12(9)19-15/h7,10,14H,3-6,8H2,1-2H3,(H2,13,16,17)/t10-/m0/s1. The minimum Gasteiger partial charge on any atom is -0.309 e. The number of hydrogen-bond acceptors (Lipinski definition) is 6. The van der Waals surface area contributed by atoms with E-state index in [0.717, 1.165) is 42.2 Å². The smallest absolute Gasteiger partial charge is 0.247 e. The van der Waals surface area contributed by atoms with Gasteiger partial charge in [-0.1, -0.05) is 20.3 Å². The lowest BCUT2D eigenvalue weighted by molar-refractivity contribution is 0.374. The summed E-state index contributed by atoms with van der Waals surface area (Å²) < 4.78 is 26.6. The molecule has 0 amide bonds. The van der Waals surface area contributed by atoms with Gasteiger partial charge in [0.1, 0.15) is 4.21 Å². The van der Waals surface area contributed by atoms with Crippen molar-refractivity contribution < 1.29 is 8.42 Å². The molecule has 8 heteroatoms. The van der Waals surface area contributed by atoms with Crippen LogP contribution in [0.15, 0.2) is 14.5 Å². The van der Waals surface area contributed by atoms with Crippen molar-refractivity contribution in [1.29, 1.82) is 0 Å². The van der Waals surface area contributed by atoms with E-state index in [1.165, 1.54) is 11.3 Å². The van der Waals surface area contributed by atoms with Gasteiger partial charge in [-0.2, -0.15) is 0 Å². The Bertz CT molecular complexity index is 556. The Morgan fingerprint density at radius 1 is 1.50 bits per heavy atom. The van der Waals surface area contributed by atoms with Crippen LogP contribution < -0.4 is 10.5 Å². The third-order valence-electron chi connectivity index (χ3n) is 3.17. The molecular weight excluding hydrogens is 314 g/mol. The normalized spacial score (nSPS) is 20.1. The summed E-state index contributed by atoms with van der Waals surface area (Å²) in [7, 11) is -3.61. The number of rotatable bonds is 6. The average Bonchev–Trinajstić information content (AvgIpc) is 2.80. The van der Waals surface area contributed by atoms with Crippen LogP contribution in [0.1, 0.15) is 38.3 Å². The number of nitrogens with zero attached hydrogens (tertiary/aromatic N) is 1. The Morgan fingerprint density at radius 3 is 2.85 bits per heavy atom. The molecule has 2 rings (SSSR count). The van der Waals surface area contributed by atoms with E-state index in [1.807, 2.05) is 0 Å². The fourth-order valence-electron chi connectivity index (χ4n) is 2.17. The monoisotopic (exact) mass is 335 g/mol. The molecule has 1 aromatic heterocycles. The highest BCUT2D eigenvalue weighted by Gasteiger charge is 2.29. The molecule has 0 saturated carbocycles. The van der Waals surface area contributed by atoms with Gasteiger partial charge >= 0.3 is 0 Å². The number of unbranched alkanes of at least 4 members (excludes halogenated alkanes) is 1. The first-order valence-corrected chi connectivity index (χ1v) is 9.92. The molecule has 1 atom stereocenters. The van der Waals surface area contributed by atoms with Crippen LogP contribution in [-0.2, 0) is 10.0 Å². The first kappa shape index (κ1) is 16.3. The SMILES string of the molecule is CCCCN1C[C@H](NCC)c2cc(S(N)(=O)=O)sc2S1. The van der Waals surface area contributed by atoms with E-state index >= 15 is 0 Å². The molecule has 2 heterocycles. The molecule has 0 spiro atoms. The Hall–Kier alpha value is -0.120. The molecule has 0 saturated heterocycles. The molecule has 0 unspecified atom stereocenters.